The molecule has 1 rings (SSSR count). The van der Waals surface area contributed by atoms with E-state index >= 15 is 0 Å². The maximum absolute atomic E-state index is 11.6. The summed E-state index contributed by atoms with van der Waals surface area (Å²) in [5.41, 5.74) is 4.89. The number of hydrogen-bond acceptors (Lipinski definition) is 4. The van der Waals surface area contributed by atoms with Crippen molar-refractivity contribution in [2.75, 3.05) is 13.1 Å². The first-order chi connectivity index (χ1) is 8.59. The molecule has 1 aliphatic carbocycles. The van der Waals surface area contributed by atoms with Gasteiger partial charge >= 0.3 is 0 Å². The highest BCUT2D eigenvalue weighted by Crippen LogP contribution is 2.16. The first kappa shape index (κ1) is 14.9. The van der Waals surface area contributed by atoms with Crippen LogP contribution in [0.2, 0.25) is 0 Å². The van der Waals surface area contributed by atoms with Gasteiger partial charge in [-0.1, -0.05) is 25.7 Å². The Kier molecular flexibility index (Phi) is 6.67. The van der Waals surface area contributed by atoms with Crippen LogP contribution in [0.5, 0.6) is 0 Å². The summed E-state index contributed by atoms with van der Waals surface area (Å²) in [4.78, 5) is 22.2. The third-order valence-corrected chi connectivity index (χ3v) is 3.17. The molecular formula is C12H23N3O3. The molecule has 6 nitrogen and oxygen atoms in total. The van der Waals surface area contributed by atoms with Crippen molar-refractivity contribution in [1.29, 1.82) is 0 Å². The van der Waals surface area contributed by atoms with Gasteiger partial charge in [0.05, 0.1) is 6.54 Å². The van der Waals surface area contributed by atoms with Crippen LogP contribution in [0.4, 0.5) is 0 Å². The normalized spacial score (nSPS) is 18.9. The van der Waals surface area contributed by atoms with Crippen LogP contribution in [-0.4, -0.2) is 42.2 Å². The molecule has 0 aliphatic heterocycles. The summed E-state index contributed by atoms with van der Waals surface area (Å²) in [5, 5.41) is 14.8. The molecule has 1 aliphatic rings. The van der Waals surface area contributed by atoms with Gasteiger partial charge in [0.15, 0.2) is 0 Å². The highest BCUT2D eigenvalue weighted by molar-refractivity contribution is 5.79. The zero-order valence-corrected chi connectivity index (χ0v) is 10.7. The van der Waals surface area contributed by atoms with Gasteiger partial charge in [-0.15, -0.1) is 0 Å². The Morgan fingerprint density at radius 2 is 1.83 bits per heavy atom. The van der Waals surface area contributed by atoms with Crippen molar-refractivity contribution < 1.29 is 14.7 Å². The van der Waals surface area contributed by atoms with Crippen LogP contribution in [0.15, 0.2) is 0 Å². The zero-order chi connectivity index (χ0) is 13.4. The number of amides is 2. The molecule has 1 fully saturated rings. The van der Waals surface area contributed by atoms with Gasteiger partial charge < -0.3 is 21.5 Å². The number of carbonyl (C=O) groups excluding carboxylic acids is 2. The Balaban J connectivity index is 2.14. The van der Waals surface area contributed by atoms with Crippen LogP contribution in [0.25, 0.3) is 0 Å². The molecule has 1 saturated carbocycles. The van der Waals surface area contributed by atoms with Gasteiger partial charge in [0, 0.05) is 12.6 Å². The fourth-order valence-corrected chi connectivity index (χ4v) is 2.13. The second-order valence-corrected chi connectivity index (χ2v) is 4.81. The van der Waals surface area contributed by atoms with E-state index in [1.165, 1.54) is 25.7 Å². The van der Waals surface area contributed by atoms with Gasteiger partial charge in [0.2, 0.25) is 11.8 Å². The highest BCUT2D eigenvalue weighted by atomic mass is 16.3. The van der Waals surface area contributed by atoms with Crippen molar-refractivity contribution in [1.82, 2.24) is 10.6 Å². The molecule has 0 aromatic carbocycles. The molecule has 5 N–H and O–H groups in total. The number of nitrogens with two attached hydrogens (primary N) is 1. The number of aliphatic hydroxyl groups excluding tert-OH is 1. The summed E-state index contributed by atoms with van der Waals surface area (Å²) in [6.45, 7) is 0.105. The Morgan fingerprint density at radius 1 is 1.22 bits per heavy atom. The fourth-order valence-electron chi connectivity index (χ4n) is 2.13. The monoisotopic (exact) mass is 257 g/mol. The molecule has 0 aromatic heterocycles. The topological polar surface area (TPSA) is 104 Å². The van der Waals surface area contributed by atoms with Gasteiger partial charge in [-0.05, 0) is 12.8 Å². The van der Waals surface area contributed by atoms with Gasteiger partial charge in [-0.3, -0.25) is 9.59 Å². The Morgan fingerprint density at radius 3 is 2.39 bits per heavy atom. The number of carbonyl (C=O) groups is 2. The summed E-state index contributed by atoms with van der Waals surface area (Å²) in [5.74, 6) is -0.884. The van der Waals surface area contributed by atoms with Gasteiger partial charge in [0.1, 0.15) is 6.10 Å². The molecule has 104 valence electrons. The molecular weight excluding hydrogens is 234 g/mol. The summed E-state index contributed by atoms with van der Waals surface area (Å²) >= 11 is 0. The lowest BCUT2D eigenvalue weighted by atomic mass is 10.1. The predicted octanol–water partition coefficient (Wildman–Crippen LogP) is -0.739. The van der Waals surface area contributed by atoms with E-state index in [-0.39, 0.29) is 25.0 Å². The standard InChI is InChI=1S/C12H23N3O3/c13-12(18)10(16)7-14-8-11(17)15-9-5-3-1-2-4-6-9/h9-10,14,16H,1-8H2,(H2,13,18)(H,15,17). The lowest BCUT2D eigenvalue weighted by Gasteiger charge is -2.16. The van der Waals surface area contributed by atoms with Gasteiger partial charge in [-0.25, -0.2) is 0 Å². The number of rotatable bonds is 6. The molecule has 6 heteroatoms. The van der Waals surface area contributed by atoms with Crippen LogP contribution < -0.4 is 16.4 Å². The summed E-state index contributed by atoms with van der Waals surface area (Å²) in [6, 6.07) is 0.267. The molecule has 0 saturated heterocycles. The molecule has 0 bridgehead atoms. The zero-order valence-electron chi connectivity index (χ0n) is 10.7. The first-order valence-corrected chi connectivity index (χ1v) is 6.57. The third kappa shape index (κ3) is 5.97. The Hall–Kier alpha value is -1.14. The van der Waals surface area contributed by atoms with Crippen molar-refractivity contribution in [3.05, 3.63) is 0 Å². The van der Waals surface area contributed by atoms with E-state index in [1.807, 2.05) is 0 Å². The Bertz CT molecular complexity index is 276. The minimum absolute atomic E-state index is 0.00736. The second kappa shape index (κ2) is 8.05. The van der Waals surface area contributed by atoms with Crippen molar-refractivity contribution >= 4 is 11.8 Å². The van der Waals surface area contributed by atoms with E-state index < -0.39 is 12.0 Å². The predicted molar refractivity (Wildman–Crippen MR) is 67.7 cm³/mol. The smallest absolute Gasteiger partial charge is 0.247 e. The molecule has 1 unspecified atom stereocenters. The third-order valence-electron chi connectivity index (χ3n) is 3.17. The molecule has 0 spiro atoms. The van der Waals surface area contributed by atoms with Crippen molar-refractivity contribution in [2.24, 2.45) is 5.73 Å². The van der Waals surface area contributed by atoms with Crippen molar-refractivity contribution in [2.45, 2.75) is 50.7 Å². The minimum Gasteiger partial charge on any atom is -0.382 e. The molecule has 18 heavy (non-hydrogen) atoms. The summed E-state index contributed by atoms with van der Waals surface area (Å²) < 4.78 is 0. The molecule has 0 radical (unpaired) electrons. The summed E-state index contributed by atoms with van der Waals surface area (Å²) in [7, 11) is 0. The Labute approximate surface area is 107 Å². The van der Waals surface area contributed by atoms with Crippen LogP contribution in [0, 0.1) is 0 Å². The molecule has 0 heterocycles. The van der Waals surface area contributed by atoms with Gasteiger partial charge in [0.25, 0.3) is 0 Å². The van der Waals surface area contributed by atoms with E-state index in [2.05, 4.69) is 10.6 Å². The van der Waals surface area contributed by atoms with Gasteiger partial charge in [-0.2, -0.15) is 0 Å². The highest BCUT2D eigenvalue weighted by Gasteiger charge is 2.15. The van der Waals surface area contributed by atoms with Crippen molar-refractivity contribution in [3.8, 4) is 0 Å². The molecule has 1 atom stereocenters. The number of aliphatic hydroxyl groups is 1. The molecule has 0 aromatic rings. The van der Waals surface area contributed by atoms with Crippen LogP contribution in [0.3, 0.4) is 0 Å². The number of hydrogen-bond donors (Lipinski definition) is 4. The van der Waals surface area contributed by atoms with E-state index in [0.717, 1.165) is 12.8 Å². The van der Waals surface area contributed by atoms with Crippen LogP contribution in [0.1, 0.15) is 38.5 Å². The van der Waals surface area contributed by atoms with Crippen LogP contribution >= 0.6 is 0 Å². The average molecular weight is 257 g/mol. The maximum atomic E-state index is 11.6. The SMILES string of the molecule is NC(=O)C(O)CNCC(=O)NC1CCCCCC1. The minimum atomic E-state index is -1.24. The largest absolute Gasteiger partial charge is 0.382 e. The van der Waals surface area contributed by atoms with Crippen LogP contribution in [-0.2, 0) is 9.59 Å². The first-order valence-electron chi connectivity index (χ1n) is 6.57. The number of nitrogens with one attached hydrogen (secondary N) is 2. The average Bonchev–Trinajstić information content (AvgIpc) is 2.57. The maximum Gasteiger partial charge on any atom is 0.247 e. The quantitative estimate of drug-likeness (QED) is 0.470. The van der Waals surface area contributed by atoms with E-state index in [1.54, 1.807) is 0 Å². The van der Waals surface area contributed by atoms with E-state index in [4.69, 9.17) is 10.8 Å². The fraction of sp³-hybridized carbons (Fsp3) is 0.833. The lowest BCUT2D eigenvalue weighted by Crippen LogP contribution is -2.44. The van der Waals surface area contributed by atoms with Crippen molar-refractivity contribution in [3.63, 3.8) is 0 Å². The van der Waals surface area contributed by atoms with E-state index in [9.17, 15) is 9.59 Å². The summed E-state index contributed by atoms with van der Waals surface area (Å²) in [6.07, 6.45) is 5.66. The lowest BCUT2D eigenvalue weighted by molar-refractivity contribution is -0.126. The second-order valence-electron chi connectivity index (χ2n) is 4.81. The van der Waals surface area contributed by atoms with E-state index in [0.29, 0.717) is 0 Å². The molecule has 2 amide bonds. The number of primary amides is 1.